The van der Waals surface area contributed by atoms with Crippen LogP contribution in [-0.4, -0.2) is 36.4 Å². The van der Waals surface area contributed by atoms with E-state index in [0.29, 0.717) is 18.0 Å². The van der Waals surface area contributed by atoms with Crippen molar-refractivity contribution in [3.63, 3.8) is 0 Å². The molecule has 2 amide bonds. The molecule has 3 N–H and O–H groups in total. The highest BCUT2D eigenvalue weighted by Crippen LogP contribution is 2.21. The third-order valence-corrected chi connectivity index (χ3v) is 5.27. The Hall–Kier alpha value is -3.78. The van der Waals surface area contributed by atoms with Crippen molar-refractivity contribution in [2.24, 2.45) is 11.1 Å². The zero-order valence-corrected chi connectivity index (χ0v) is 19.8. The number of carbonyl (C=O) groups is 2. The number of hydrogen-bond acceptors (Lipinski definition) is 4. The highest BCUT2D eigenvalue weighted by molar-refractivity contribution is 5.94. The molecule has 0 aliphatic rings. The summed E-state index contributed by atoms with van der Waals surface area (Å²) in [5, 5.41) is 2.77. The molecule has 0 heterocycles. The van der Waals surface area contributed by atoms with Crippen molar-refractivity contribution in [1.29, 1.82) is 0 Å². The number of anilines is 1. The van der Waals surface area contributed by atoms with Gasteiger partial charge in [-0.3, -0.25) is 9.59 Å². The monoisotopic (exact) mass is 481 g/mol. The summed E-state index contributed by atoms with van der Waals surface area (Å²) in [6.07, 6.45) is 0. The number of hydrogen-bond donors (Lipinski definition) is 2. The van der Waals surface area contributed by atoms with Crippen LogP contribution in [0, 0.1) is 17.0 Å². The molecule has 0 aromatic heterocycles. The van der Waals surface area contributed by atoms with E-state index < -0.39 is 23.0 Å². The molecule has 3 aromatic rings. The topological polar surface area (TPSA) is 84.7 Å². The highest BCUT2D eigenvalue weighted by Gasteiger charge is 2.25. The summed E-state index contributed by atoms with van der Waals surface area (Å²) in [5.74, 6) is -1.92. The summed E-state index contributed by atoms with van der Waals surface area (Å²) in [6, 6.07) is 18.8. The molecule has 0 fully saturated rings. The maximum Gasteiger partial charge on any atom is 0.262 e. The molecule has 0 atom stereocenters. The number of ether oxygens (including phenoxy) is 1. The smallest absolute Gasteiger partial charge is 0.262 e. The van der Waals surface area contributed by atoms with Crippen molar-refractivity contribution in [3.8, 4) is 5.75 Å². The van der Waals surface area contributed by atoms with Gasteiger partial charge < -0.3 is 20.7 Å². The van der Waals surface area contributed by atoms with Crippen LogP contribution in [0.2, 0.25) is 0 Å². The molecule has 184 valence electrons. The van der Waals surface area contributed by atoms with Crippen LogP contribution in [0.3, 0.4) is 0 Å². The van der Waals surface area contributed by atoms with Gasteiger partial charge in [0, 0.05) is 30.4 Å². The summed E-state index contributed by atoms with van der Waals surface area (Å²) >= 11 is 0. The van der Waals surface area contributed by atoms with Crippen LogP contribution in [0.5, 0.6) is 5.75 Å². The Morgan fingerprint density at radius 3 is 2.31 bits per heavy atom. The molecule has 0 bridgehead atoms. The minimum absolute atomic E-state index is 0.0853. The minimum atomic E-state index is -0.825. The maximum atomic E-state index is 13.7. The van der Waals surface area contributed by atoms with E-state index in [1.807, 2.05) is 32.0 Å². The largest absolute Gasteiger partial charge is 0.484 e. The van der Waals surface area contributed by atoms with Gasteiger partial charge >= 0.3 is 0 Å². The molecule has 8 heteroatoms. The summed E-state index contributed by atoms with van der Waals surface area (Å²) in [5.41, 5.74) is 6.61. The van der Waals surface area contributed by atoms with Crippen LogP contribution in [0.1, 0.15) is 29.8 Å². The van der Waals surface area contributed by atoms with Crippen LogP contribution in [0.15, 0.2) is 72.8 Å². The molecule has 0 aliphatic heterocycles. The van der Waals surface area contributed by atoms with Gasteiger partial charge in [-0.1, -0.05) is 44.2 Å². The summed E-state index contributed by atoms with van der Waals surface area (Å²) in [7, 11) is 0. The van der Waals surface area contributed by atoms with Gasteiger partial charge in [0.25, 0.3) is 11.8 Å². The van der Waals surface area contributed by atoms with Crippen LogP contribution >= 0.6 is 0 Å². The zero-order valence-electron chi connectivity index (χ0n) is 19.8. The fourth-order valence-electron chi connectivity index (χ4n) is 3.47. The molecule has 0 saturated heterocycles. The number of para-hydroxylation sites is 1. The Morgan fingerprint density at radius 1 is 0.971 bits per heavy atom. The van der Waals surface area contributed by atoms with E-state index >= 15 is 0 Å². The van der Waals surface area contributed by atoms with Gasteiger partial charge in [0.05, 0.1) is 0 Å². The molecular formula is C27H29F2N3O3. The van der Waals surface area contributed by atoms with E-state index in [1.54, 1.807) is 36.4 Å². The molecule has 35 heavy (non-hydrogen) atoms. The third-order valence-electron chi connectivity index (χ3n) is 5.27. The number of nitrogens with zero attached hydrogens (tertiary/aromatic N) is 1. The van der Waals surface area contributed by atoms with Crippen LogP contribution in [0.25, 0.3) is 0 Å². The molecule has 0 aliphatic carbocycles. The normalized spacial score (nSPS) is 11.1. The van der Waals surface area contributed by atoms with Crippen molar-refractivity contribution >= 4 is 17.5 Å². The predicted molar refractivity (Wildman–Crippen MR) is 131 cm³/mol. The van der Waals surface area contributed by atoms with E-state index in [2.05, 4.69) is 5.32 Å². The summed E-state index contributed by atoms with van der Waals surface area (Å²) in [4.78, 5) is 27.0. The second-order valence-electron chi connectivity index (χ2n) is 9.04. The van der Waals surface area contributed by atoms with E-state index in [-0.39, 0.29) is 31.2 Å². The number of benzene rings is 3. The third kappa shape index (κ3) is 7.89. The van der Waals surface area contributed by atoms with E-state index in [0.717, 1.165) is 23.8 Å². The lowest BCUT2D eigenvalue weighted by molar-refractivity contribution is -0.118. The maximum absolute atomic E-state index is 13.7. The minimum Gasteiger partial charge on any atom is -0.484 e. The van der Waals surface area contributed by atoms with Gasteiger partial charge in [0.2, 0.25) is 0 Å². The lowest BCUT2D eigenvalue weighted by atomic mass is 9.92. The van der Waals surface area contributed by atoms with Crippen LogP contribution in [0.4, 0.5) is 14.5 Å². The second-order valence-corrected chi connectivity index (χ2v) is 9.04. The Bertz CT molecular complexity index is 1150. The highest BCUT2D eigenvalue weighted by atomic mass is 19.1. The van der Waals surface area contributed by atoms with Gasteiger partial charge in [0.1, 0.15) is 17.4 Å². The standard InChI is InChI=1S/C27H29F2N3O3/c1-27(2,17-30)18-32(26(34)20-12-21(28)14-22(29)13-20)15-19-7-6-8-23(11-19)31-25(33)16-35-24-9-4-3-5-10-24/h3-14H,15-18,30H2,1-2H3,(H,31,33). The Balaban J connectivity index is 1.74. The quantitative estimate of drug-likeness (QED) is 0.443. The molecule has 6 nitrogen and oxygen atoms in total. The van der Waals surface area contributed by atoms with E-state index in [1.165, 1.54) is 4.90 Å². The Labute approximate surface area is 203 Å². The number of rotatable bonds is 10. The summed E-state index contributed by atoms with van der Waals surface area (Å²) in [6.45, 7) is 4.39. The van der Waals surface area contributed by atoms with Crippen molar-refractivity contribution < 1.29 is 23.1 Å². The first-order chi connectivity index (χ1) is 16.6. The van der Waals surface area contributed by atoms with Crippen molar-refractivity contribution in [3.05, 3.63) is 95.6 Å². The SMILES string of the molecule is CC(C)(CN)CN(Cc1cccc(NC(=O)COc2ccccc2)c1)C(=O)c1cc(F)cc(F)c1. The molecular weight excluding hydrogens is 452 g/mol. The first-order valence-electron chi connectivity index (χ1n) is 11.2. The molecule has 0 unspecified atom stereocenters. The number of nitrogens with two attached hydrogens (primary N) is 1. The average Bonchev–Trinajstić information content (AvgIpc) is 2.82. The number of nitrogens with one attached hydrogen (secondary N) is 1. The van der Waals surface area contributed by atoms with Gasteiger partial charge in [-0.05, 0) is 53.9 Å². The predicted octanol–water partition coefficient (Wildman–Crippen LogP) is 4.61. The second kappa shape index (κ2) is 11.6. The zero-order chi connectivity index (χ0) is 25.4. The van der Waals surface area contributed by atoms with Crippen molar-refractivity contribution in [2.75, 3.05) is 25.0 Å². The van der Waals surface area contributed by atoms with Gasteiger partial charge in [-0.15, -0.1) is 0 Å². The van der Waals surface area contributed by atoms with Crippen molar-refractivity contribution in [2.45, 2.75) is 20.4 Å². The van der Waals surface area contributed by atoms with Gasteiger partial charge in [-0.25, -0.2) is 8.78 Å². The molecule has 3 aromatic carbocycles. The lowest BCUT2D eigenvalue weighted by Crippen LogP contribution is -2.41. The fourth-order valence-corrected chi connectivity index (χ4v) is 3.47. The number of amides is 2. The van der Waals surface area contributed by atoms with Crippen molar-refractivity contribution in [1.82, 2.24) is 4.90 Å². The summed E-state index contributed by atoms with van der Waals surface area (Å²) < 4.78 is 33.0. The molecule has 0 radical (unpaired) electrons. The Kier molecular flexibility index (Phi) is 8.54. The first-order valence-corrected chi connectivity index (χ1v) is 11.2. The van der Waals surface area contributed by atoms with Gasteiger partial charge in [-0.2, -0.15) is 0 Å². The number of carbonyl (C=O) groups excluding carboxylic acids is 2. The van der Waals surface area contributed by atoms with E-state index in [9.17, 15) is 18.4 Å². The van der Waals surface area contributed by atoms with Gasteiger partial charge in [0.15, 0.2) is 6.61 Å². The number of halogens is 2. The fraction of sp³-hybridized carbons (Fsp3) is 0.259. The first kappa shape index (κ1) is 25.8. The van der Waals surface area contributed by atoms with E-state index in [4.69, 9.17) is 10.5 Å². The Morgan fingerprint density at radius 2 is 1.66 bits per heavy atom. The molecule has 0 saturated carbocycles. The van der Waals surface area contributed by atoms with Crippen LogP contribution in [-0.2, 0) is 11.3 Å². The van der Waals surface area contributed by atoms with Crippen LogP contribution < -0.4 is 15.8 Å². The lowest BCUT2D eigenvalue weighted by Gasteiger charge is -2.32. The molecule has 3 rings (SSSR count). The average molecular weight is 482 g/mol. The molecule has 0 spiro atoms.